The summed E-state index contributed by atoms with van der Waals surface area (Å²) in [6.45, 7) is 2.24. The van der Waals surface area contributed by atoms with Crippen LogP contribution >= 0.6 is 0 Å². The molecule has 0 saturated heterocycles. The Morgan fingerprint density at radius 2 is 1.33 bits per heavy atom. The van der Waals surface area contributed by atoms with Crippen molar-refractivity contribution in [3.8, 4) is 0 Å². The van der Waals surface area contributed by atoms with Crippen LogP contribution in [0.5, 0.6) is 0 Å². The molecule has 0 N–H and O–H groups in total. The molecule has 2 fully saturated rings. The first-order valence-corrected chi connectivity index (χ1v) is 11.6. The molecule has 1 aromatic rings. The molecule has 30 heavy (non-hydrogen) atoms. The quantitative estimate of drug-likeness (QED) is 0.300. The van der Waals surface area contributed by atoms with Crippen molar-refractivity contribution in [3.05, 3.63) is 41.0 Å². The fraction of sp³-hybridized carbons (Fsp3) is 0.680. The zero-order valence-corrected chi connectivity index (χ0v) is 17.8. The highest BCUT2D eigenvalue weighted by molar-refractivity contribution is 5.61. The Labute approximate surface area is 176 Å². The Kier molecular flexibility index (Phi) is 8.35. The van der Waals surface area contributed by atoms with Gasteiger partial charge >= 0.3 is 6.08 Å². The van der Waals surface area contributed by atoms with E-state index in [0.717, 1.165) is 49.7 Å². The Bertz CT molecular complexity index is 698. The second kappa shape index (κ2) is 10.8. The van der Waals surface area contributed by atoms with E-state index in [0.29, 0.717) is 11.5 Å². The van der Waals surface area contributed by atoms with Gasteiger partial charge in [0.2, 0.25) is 5.83 Å². The summed E-state index contributed by atoms with van der Waals surface area (Å²) in [4.78, 5) is 0. The topological polar surface area (TPSA) is 0 Å². The van der Waals surface area contributed by atoms with Crippen LogP contribution in [0, 0.1) is 29.4 Å². The lowest BCUT2D eigenvalue weighted by molar-refractivity contribution is 0.155. The number of benzene rings is 1. The molecule has 0 spiro atoms. The molecule has 3 rings (SSSR count). The highest BCUT2D eigenvalue weighted by Crippen LogP contribution is 2.45. The van der Waals surface area contributed by atoms with Crippen molar-refractivity contribution in [2.24, 2.45) is 17.8 Å². The fourth-order valence-electron chi connectivity index (χ4n) is 5.69. The maximum Gasteiger partial charge on any atom is 0.306 e. The summed E-state index contributed by atoms with van der Waals surface area (Å²) in [7, 11) is 0. The van der Waals surface area contributed by atoms with Gasteiger partial charge in [-0.3, -0.25) is 0 Å². The van der Waals surface area contributed by atoms with Gasteiger partial charge < -0.3 is 0 Å². The maximum atomic E-state index is 14.1. The van der Waals surface area contributed by atoms with Crippen LogP contribution in [0.25, 0.3) is 5.83 Å². The SMILES string of the molecule is CCCCCC1CCC(C2CCC(c3cc(F)c(C(F)=C(F)F)c(F)c3)CC2)CC1. The van der Waals surface area contributed by atoms with Crippen molar-refractivity contribution in [1.82, 2.24) is 0 Å². The van der Waals surface area contributed by atoms with E-state index in [1.54, 1.807) is 0 Å². The third kappa shape index (κ3) is 5.64. The molecule has 0 aliphatic heterocycles. The zero-order valence-electron chi connectivity index (χ0n) is 17.8. The highest BCUT2D eigenvalue weighted by Gasteiger charge is 2.32. The van der Waals surface area contributed by atoms with E-state index in [9.17, 15) is 22.0 Å². The zero-order chi connectivity index (χ0) is 21.7. The highest BCUT2D eigenvalue weighted by atomic mass is 19.3. The third-order valence-corrected chi connectivity index (χ3v) is 7.47. The molecule has 0 unspecified atom stereocenters. The van der Waals surface area contributed by atoms with Crippen molar-refractivity contribution in [2.45, 2.75) is 89.9 Å². The van der Waals surface area contributed by atoms with Crippen LogP contribution in [0.4, 0.5) is 22.0 Å². The number of hydrogen-bond acceptors (Lipinski definition) is 0. The molecular formula is C25H33F5. The van der Waals surface area contributed by atoms with E-state index < -0.39 is 29.1 Å². The van der Waals surface area contributed by atoms with E-state index >= 15 is 0 Å². The molecule has 2 aliphatic carbocycles. The van der Waals surface area contributed by atoms with Gasteiger partial charge in [0.1, 0.15) is 11.6 Å². The minimum atomic E-state index is -2.71. The summed E-state index contributed by atoms with van der Waals surface area (Å²) in [5.41, 5.74) is -0.804. The van der Waals surface area contributed by atoms with E-state index in [2.05, 4.69) is 6.92 Å². The molecule has 5 heteroatoms. The molecule has 168 valence electrons. The molecule has 1 aromatic carbocycles. The van der Waals surface area contributed by atoms with Crippen molar-refractivity contribution in [1.29, 1.82) is 0 Å². The van der Waals surface area contributed by atoms with Crippen molar-refractivity contribution in [2.75, 3.05) is 0 Å². The Balaban J connectivity index is 1.53. The normalized spacial score (nSPS) is 27.1. The summed E-state index contributed by atoms with van der Waals surface area (Å²) in [6, 6.07) is 2.07. The molecule has 0 amide bonds. The van der Waals surface area contributed by atoms with E-state index in [1.165, 1.54) is 51.4 Å². The first-order valence-electron chi connectivity index (χ1n) is 11.6. The predicted molar refractivity (Wildman–Crippen MR) is 111 cm³/mol. The van der Waals surface area contributed by atoms with Crippen LogP contribution in [0.2, 0.25) is 0 Å². The minimum Gasteiger partial charge on any atom is -0.206 e. The lowest BCUT2D eigenvalue weighted by atomic mass is 9.68. The summed E-state index contributed by atoms with van der Waals surface area (Å²) < 4.78 is 66.5. The molecule has 0 atom stereocenters. The summed E-state index contributed by atoms with van der Waals surface area (Å²) >= 11 is 0. The van der Waals surface area contributed by atoms with Gasteiger partial charge in [0, 0.05) is 0 Å². The molecule has 0 heterocycles. The van der Waals surface area contributed by atoms with Gasteiger partial charge in [0.25, 0.3) is 0 Å². The van der Waals surface area contributed by atoms with E-state index in [4.69, 9.17) is 0 Å². The maximum absolute atomic E-state index is 14.1. The average molecular weight is 429 g/mol. The molecule has 0 radical (unpaired) electrons. The molecular weight excluding hydrogens is 395 g/mol. The molecule has 0 bridgehead atoms. The van der Waals surface area contributed by atoms with Crippen LogP contribution in [0.3, 0.4) is 0 Å². The lowest BCUT2D eigenvalue weighted by Crippen LogP contribution is -2.25. The smallest absolute Gasteiger partial charge is 0.206 e. The van der Waals surface area contributed by atoms with Crippen LogP contribution < -0.4 is 0 Å². The number of unbranched alkanes of at least 4 members (excludes halogenated alkanes) is 2. The second-order valence-corrected chi connectivity index (χ2v) is 9.32. The monoisotopic (exact) mass is 428 g/mol. The van der Waals surface area contributed by atoms with Gasteiger partial charge in [-0.2, -0.15) is 8.78 Å². The summed E-state index contributed by atoms with van der Waals surface area (Å²) in [6.07, 6.45) is 11.6. The summed E-state index contributed by atoms with van der Waals surface area (Å²) in [5.74, 6) is -2.30. The Hall–Kier alpha value is -1.39. The molecule has 2 saturated carbocycles. The van der Waals surface area contributed by atoms with Crippen molar-refractivity contribution >= 4 is 5.83 Å². The van der Waals surface area contributed by atoms with Gasteiger partial charge in [-0.05, 0) is 79.9 Å². The first-order chi connectivity index (χ1) is 14.4. The summed E-state index contributed by atoms with van der Waals surface area (Å²) in [5, 5.41) is 0. The van der Waals surface area contributed by atoms with Gasteiger partial charge in [0.05, 0.1) is 5.56 Å². The largest absolute Gasteiger partial charge is 0.306 e. The Morgan fingerprint density at radius 1 is 0.800 bits per heavy atom. The molecule has 0 aromatic heterocycles. The number of halogens is 5. The minimum absolute atomic E-state index is 0.00643. The van der Waals surface area contributed by atoms with Crippen molar-refractivity contribution < 1.29 is 22.0 Å². The second-order valence-electron chi connectivity index (χ2n) is 9.32. The number of hydrogen-bond donors (Lipinski definition) is 0. The number of rotatable bonds is 7. The van der Waals surface area contributed by atoms with Gasteiger partial charge in [-0.1, -0.05) is 45.4 Å². The molecule has 2 aliphatic rings. The van der Waals surface area contributed by atoms with Gasteiger partial charge in [-0.15, -0.1) is 0 Å². The van der Waals surface area contributed by atoms with Crippen LogP contribution in [-0.4, -0.2) is 0 Å². The average Bonchev–Trinajstić information content (AvgIpc) is 2.74. The molecule has 0 nitrogen and oxygen atoms in total. The van der Waals surface area contributed by atoms with E-state index in [-0.39, 0.29) is 5.92 Å². The fourth-order valence-corrected chi connectivity index (χ4v) is 5.69. The standard InChI is InChI=1S/C25H33F5/c1-2-3-4-5-16-6-8-17(9-7-16)18-10-12-19(13-11-18)20-14-21(26)23(22(27)15-20)24(28)25(29)30/h14-19H,2-13H2,1H3. The van der Waals surface area contributed by atoms with Crippen molar-refractivity contribution in [3.63, 3.8) is 0 Å². The Morgan fingerprint density at radius 3 is 1.83 bits per heavy atom. The van der Waals surface area contributed by atoms with Crippen LogP contribution in [0.15, 0.2) is 18.2 Å². The van der Waals surface area contributed by atoms with Crippen LogP contribution in [-0.2, 0) is 0 Å². The van der Waals surface area contributed by atoms with Gasteiger partial charge in [-0.25, -0.2) is 13.2 Å². The van der Waals surface area contributed by atoms with Gasteiger partial charge in [0.15, 0.2) is 0 Å². The lowest BCUT2D eigenvalue weighted by Gasteiger charge is -2.38. The first kappa shape index (κ1) is 23.3. The van der Waals surface area contributed by atoms with Crippen LogP contribution in [0.1, 0.15) is 101 Å². The predicted octanol–water partition coefficient (Wildman–Crippen LogP) is 9.16. The van der Waals surface area contributed by atoms with E-state index in [1.807, 2.05) is 0 Å². The third-order valence-electron chi connectivity index (χ3n) is 7.47.